The van der Waals surface area contributed by atoms with Gasteiger partial charge in [0.2, 0.25) is 0 Å². The largest absolute Gasteiger partial charge is 0.371 e. The molecule has 0 radical (unpaired) electrons. The first-order valence-electron chi connectivity index (χ1n) is 8.32. The average Bonchev–Trinajstić information content (AvgIpc) is 2.46. The summed E-state index contributed by atoms with van der Waals surface area (Å²) < 4.78 is 0. The van der Waals surface area contributed by atoms with Crippen molar-refractivity contribution in [2.24, 2.45) is 11.8 Å². The molecule has 1 rings (SSSR count). The van der Waals surface area contributed by atoms with Crippen LogP contribution in [0.25, 0.3) is 0 Å². The summed E-state index contributed by atoms with van der Waals surface area (Å²) in [4.78, 5) is 2.59. The minimum Gasteiger partial charge on any atom is -0.371 e. The standard InChI is InChI=1S/C19H33N/c1-7-16(6)18(9-3)19(14-15(4)5)20-12-10-17(8-2)11-13-20/h9,14,16-17H,4,7-8,10-13H2,1-3,5-6H3/b18-9-,19-14+. The number of hydrogen-bond donors (Lipinski definition) is 0. The lowest BCUT2D eigenvalue weighted by Gasteiger charge is -2.37. The Morgan fingerprint density at radius 1 is 1.30 bits per heavy atom. The van der Waals surface area contributed by atoms with Gasteiger partial charge < -0.3 is 4.90 Å². The molecule has 0 aromatic carbocycles. The van der Waals surface area contributed by atoms with Crippen LogP contribution in [0.1, 0.15) is 60.3 Å². The third-order valence-corrected chi connectivity index (χ3v) is 4.67. The quantitative estimate of drug-likeness (QED) is 0.573. The van der Waals surface area contributed by atoms with Gasteiger partial charge in [0.1, 0.15) is 0 Å². The summed E-state index contributed by atoms with van der Waals surface area (Å²) in [5, 5.41) is 0. The topological polar surface area (TPSA) is 3.24 Å². The van der Waals surface area contributed by atoms with E-state index in [0.717, 1.165) is 11.5 Å². The zero-order valence-electron chi connectivity index (χ0n) is 14.2. The van der Waals surface area contributed by atoms with Crippen molar-refractivity contribution >= 4 is 0 Å². The Morgan fingerprint density at radius 2 is 1.90 bits per heavy atom. The molecule has 1 nitrogen and oxygen atoms in total. The number of hydrogen-bond acceptors (Lipinski definition) is 1. The highest BCUT2D eigenvalue weighted by Gasteiger charge is 2.22. The van der Waals surface area contributed by atoms with E-state index in [2.05, 4.69) is 58.2 Å². The van der Waals surface area contributed by atoms with Gasteiger partial charge in [0.15, 0.2) is 0 Å². The maximum Gasteiger partial charge on any atom is 0.0400 e. The second-order valence-electron chi connectivity index (χ2n) is 6.27. The lowest BCUT2D eigenvalue weighted by molar-refractivity contribution is 0.223. The van der Waals surface area contributed by atoms with Crippen LogP contribution >= 0.6 is 0 Å². The zero-order valence-corrected chi connectivity index (χ0v) is 14.2. The fourth-order valence-electron chi connectivity index (χ4n) is 3.08. The number of piperidine rings is 1. The van der Waals surface area contributed by atoms with Gasteiger partial charge in [-0.05, 0) is 56.6 Å². The third kappa shape index (κ3) is 4.54. The summed E-state index contributed by atoms with van der Waals surface area (Å²) in [6, 6.07) is 0. The molecule has 0 bridgehead atoms. The lowest BCUT2D eigenvalue weighted by atomic mass is 9.90. The van der Waals surface area contributed by atoms with Crippen molar-refractivity contribution in [3.05, 3.63) is 35.6 Å². The van der Waals surface area contributed by atoms with Gasteiger partial charge in [0, 0.05) is 18.8 Å². The Balaban J connectivity index is 2.94. The molecule has 1 atom stereocenters. The molecular weight excluding hydrogens is 242 g/mol. The van der Waals surface area contributed by atoms with Gasteiger partial charge >= 0.3 is 0 Å². The molecule has 0 spiro atoms. The SMILES string of the molecule is C=C(C)/C=C(\C(=C/C)C(C)CC)N1CCC(CC)CC1. The van der Waals surface area contributed by atoms with E-state index >= 15 is 0 Å². The molecule has 1 aliphatic rings. The molecule has 1 heterocycles. The maximum absolute atomic E-state index is 4.09. The van der Waals surface area contributed by atoms with E-state index in [1.54, 1.807) is 0 Å². The molecule has 1 unspecified atom stereocenters. The molecule has 0 aromatic rings. The zero-order chi connectivity index (χ0) is 15.1. The molecule has 114 valence electrons. The van der Waals surface area contributed by atoms with Crippen molar-refractivity contribution < 1.29 is 0 Å². The number of rotatable bonds is 6. The molecule has 0 N–H and O–H groups in total. The van der Waals surface area contributed by atoms with Crippen LogP contribution in [0, 0.1) is 11.8 Å². The molecule has 1 saturated heterocycles. The van der Waals surface area contributed by atoms with Gasteiger partial charge in [-0.3, -0.25) is 0 Å². The fourth-order valence-corrected chi connectivity index (χ4v) is 3.08. The molecule has 0 aliphatic carbocycles. The number of allylic oxidation sites excluding steroid dienone is 4. The van der Waals surface area contributed by atoms with Crippen LogP contribution < -0.4 is 0 Å². The van der Waals surface area contributed by atoms with E-state index in [1.165, 1.54) is 50.0 Å². The lowest BCUT2D eigenvalue weighted by Crippen LogP contribution is -2.34. The van der Waals surface area contributed by atoms with Crippen LogP contribution in [0.5, 0.6) is 0 Å². The summed E-state index contributed by atoms with van der Waals surface area (Å²) >= 11 is 0. The molecule has 1 heteroatoms. The molecule has 0 saturated carbocycles. The summed E-state index contributed by atoms with van der Waals surface area (Å²) in [5.74, 6) is 1.55. The molecule has 1 aliphatic heterocycles. The highest BCUT2D eigenvalue weighted by Crippen LogP contribution is 2.30. The Morgan fingerprint density at radius 3 is 2.30 bits per heavy atom. The molecular formula is C19H33N. The van der Waals surface area contributed by atoms with Crippen molar-refractivity contribution in [3.8, 4) is 0 Å². The summed E-state index contributed by atoms with van der Waals surface area (Å²) in [6.07, 6.45) is 9.78. The first-order valence-corrected chi connectivity index (χ1v) is 8.32. The van der Waals surface area contributed by atoms with Gasteiger partial charge in [0.05, 0.1) is 0 Å². The minimum absolute atomic E-state index is 0.620. The van der Waals surface area contributed by atoms with Crippen LogP contribution in [0.3, 0.4) is 0 Å². The summed E-state index contributed by atoms with van der Waals surface area (Å²) in [5.41, 5.74) is 4.06. The first-order chi connectivity index (χ1) is 9.53. The van der Waals surface area contributed by atoms with E-state index < -0.39 is 0 Å². The van der Waals surface area contributed by atoms with Gasteiger partial charge in [-0.1, -0.05) is 45.4 Å². The van der Waals surface area contributed by atoms with E-state index in [4.69, 9.17) is 0 Å². The Labute approximate surface area is 126 Å². The van der Waals surface area contributed by atoms with E-state index in [0.29, 0.717) is 5.92 Å². The number of nitrogens with zero attached hydrogens (tertiary/aromatic N) is 1. The molecule has 1 fully saturated rings. The molecule has 0 amide bonds. The monoisotopic (exact) mass is 275 g/mol. The van der Waals surface area contributed by atoms with Crippen molar-refractivity contribution in [1.82, 2.24) is 4.90 Å². The predicted molar refractivity (Wildman–Crippen MR) is 90.7 cm³/mol. The van der Waals surface area contributed by atoms with Gasteiger partial charge in [-0.2, -0.15) is 0 Å². The van der Waals surface area contributed by atoms with E-state index in [1.807, 2.05) is 0 Å². The smallest absolute Gasteiger partial charge is 0.0400 e. The summed E-state index contributed by atoms with van der Waals surface area (Å²) in [6.45, 7) is 17.7. The highest BCUT2D eigenvalue weighted by molar-refractivity contribution is 5.36. The van der Waals surface area contributed by atoms with Crippen molar-refractivity contribution in [2.45, 2.75) is 60.3 Å². The van der Waals surface area contributed by atoms with Crippen LogP contribution in [0.4, 0.5) is 0 Å². The predicted octanol–water partition coefficient (Wildman–Crippen LogP) is 5.56. The van der Waals surface area contributed by atoms with Crippen LogP contribution in [0.15, 0.2) is 35.6 Å². The maximum atomic E-state index is 4.09. The molecule has 0 aromatic heterocycles. The molecule has 20 heavy (non-hydrogen) atoms. The van der Waals surface area contributed by atoms with Gasteiger partial charge in [-0.25, -0.2) is 0 Å². The van der Waals surface area contributed by atoms with E-state index in [-0.39, 0.29) is 0 Å². The number of likely N-dealkylation sites (tertiary alicyclic amines) is 1. The van der Waals surface area contributed by atoms with Crippen molar-refractivity contribution in [2.75, 3.05) is 13.1 Å². The van der Waals surface area contributed by atoms with Crippen molar-refractivity contribution in [1.29, 1.82) is 0 Å². The van der Waals surface area contributed by atoms with Crippen LogP contribution in [-0.4, -0.2) is 18.0 Å². The van der Waals surface area contributed by atoms with E-state index in [9.17, 15) is 0 Å². The van der Waals surface area contributed by atoms with Crippen molar-refractivity contribution in [3.63, 3.8) is 0 Å². The average molecular weight is 275 g/mol. The minimum atomic E-state index is 0.620. The Hall–Kier alpha value is -0.980. The second-order valence-corrected chi connectivity index (χ2v) is 6.27. The normalized spacial score (nSPS) is 20.1. The van der Waals surface area contributed by atoms with Crippen LogP contribution in [-0.2, 0) is 0 Å². The van der Waals surface area contributed by atoms with Crippen LogP contribution in [0.2, 0.25) is 0 Å². The summed E-state index contributed by atoms with van der Waals surface area (Å²) in [7, 11) is 0. The van der Waals surface area contributed by atoms with Gasteiger partial charge in [0.25, 0.3) is 0 Å². The van der Waals surface area contributed by atoms with Gasteiger partial charge in [-0.15, -0.1) is 0 Å². The second kappa shape index (κ2) is 8.34. The Bertz CT molecular complexity index is 367. The first kappa shape index (κ1) is 17.1. The Kier molecular flexibility index (Phi) is 7.12. The fraction of sp³-hybridized carbons (Fsp3) is 0.684. The third-order valence-electron chi connectivity index (χ3n) is 4.67. The highest BCUT2D eigenvalue weighted by atomic mass is 15.1.